The molecule has 0 bridgehead atoms. The van der Waals surface area contributed by atoms with Crippen LogP contribution in [0.15, 0.2) is 18.2 Å². The Hall–Kier alpha value is -1.46. The highest BCUT2D eigenvalue weighted by atomic mass is 19.4. The topological polar surface area (TPSA) is 29.3 Å². The molecule has 0 radical (unpaired) electrons. The number of nitrogen functional groups attached to an aromatic ring is 1. The van der Waals surface area contributed by atoms with Gasteiger partial charge in [-0.05, 0) is 19.1 Å². The fourth-order valence-corrected chi connectivity index (χ4v) is 1.39. The second kappa shape index (κ2) is 4.59. The fraction of sp³-hybridized carbons (Fsp3) is 0.400. The van der Waals surface area contributed by atoms with Gasteiger partial charge < -0.3 is 10.6 Å². The summed E-state index contributed by atoms with van der Waals surface area (Å²) < 4.78 is 49.8. The highest BCUT2D eigenvalue weighted by molar-refractivity contribution is 5.68. The van der Waals surface area contributed by atoms with E-state index in [1.165, 1.54) is 12.1 Å². The second-order valence-corrected chi connectivity index (χ2v) is 3.30. The van der Waals surface area contributed by atoms with Crippen LogP contribution >= 0.6 is 0 Å². The summed E-state index contributed by atoms with van der Waals surface area (Å²) in [7, 11) is 0. The van der Waals surface area contributed by atoms with Crippen LogP contribution in [-0.4, -0.2) is 19.3 Å². The average molecular weight is 236 g/mol. The van der Waals surface area contributed by atoms with Crippen molar-refractivity contribution in [1.82, 2.24) is 0 Å². The number of hydrogen-bond donors (Lipinski definition) is 1. The van der Waals surface area contributed by atoms with Crippen molar-refractivity contribution >= 4 is 11.4 Å². The third-order valence-electron chi connectivity index (χ3n) is 2.12. The first-order valence-electron chi connectivity index (χ1n) is 4.71. The smallest absolute Gasteiger partial charge is 0.395 e. The highest BCUT2D eigenvalue weighted by Gasteiger charge is 2.31. The molecule has 0 amide bonds. The molecular weight excluding hydrogens is 224 g/mol. The summed E-state index contributed by atoms with van der Waals surface area (Å²) in [6, 6.07) is 3.81. The van der Waals surface area contributed by atoms with E-state index in [2.05, 4.69) is 0 Å². The van der Waals surface area contributed by atoms with Crippen LogP contribution in [0.5, 0.6) is 0 Å². The highest BCUT2D eigenvalue weighted by Crippen LogP contribution is 2.28. The van der Waals surface area contributed by atoms with Crippen molar-refractivity contribution in [2.75, 3.05) is 23.7 Å². The van der Waals surface area contributed by atoms with E-state index in [0.717, 1.165) is 11.0 Å². The van der Waals surface area contributed by atoms with Crippen LogP contribution in [0.3, 0.4) is 0 Å². The number of anilines is 2. The van der Waals surface area contributed by atoms with E-state index in [9.17, 15) is 17.6 Å². The molecule has 0 spiro atoms. The SMILES string of the molecule is CCN(CC(F)(F)F)c1cccc(F)c1N. The molecule has 0 atom stereocenters. The molecule has 0 aliphatic rings. The van der Waals surface area contributed by atoms with E-state index in [-0.39, 0.29) is 17.9 Å². The van der Waals surface area contributed by atoms with E-state index in [1.807, 2.05) is 0 Å². The quantitative estimate of drug-likeness (QED) is 0.646. The van der Waals surface area contributed by atoms with Crippen molar-refractivity contribution in [2.45, 2.75) is 13.1 Å². The van der Waals surface area contributed by atoms with E-state index in [1.54, 1.807) is 6.92 Å². The van der Waals surface area contributed by atoms with Crippen LogP contribution < -0.4 is 10.6 Å². The molecule has 0 saturated heterocycles. The number of hydrogen-bond acceptors (Lipinski definition) is 2. The standard InChI is InChI=1S/C10H12F4N2/c1-2-16(6-10(12,13)14)8-5-3-4-7(11)9(8)15/h3-5H,2,6,15H2,1H3. The van der Waals surface area contributed by atoms with Gasteiger partial charge in [0.15, 0.2) is 0 Å². The summed E-state index contributed by atoms with van der Waals surface area (Å²) in [5.41, 5.74) is 5.21. The Morgan fingerprint density at radius 3 is 2.44 bits per heavy atom. The molecule has 0 unspecified atom stereocenters. The summed E-state index contributed by atoms with van der Waals surface area (Å²) in [5, 5.41) is 0. The second-order valence-electron chi connectivity index (χ2n) is 3.30. The first-order valence-corrected chi connectivity index (χ1v) is 4.71. The Morgan fingerprint density at radius 1 is 1.31 bits per heavy atom. The fourth-order valence-electron chi connectivity index (χ4n) is 1.39. The third-order valence-corrected chi connectivity index (χ3v) is 2.12. The van der Waals surface area contributed by atoms with E-state index >= 15 is 0 Å². The Morgan fingerprint density at radius 2 is 1.94 bits per heavy atom. The Kier molecular flexibility index (Phi) is 3.62. The number of para-hydroxylation sites is 1. The van der Waals surface area contributed by atoms with Gasteiger partial charge in [-0.3, -0.25) is 0 Å². The minimum Gasteiger partial charge on any atom is -0.395 e. The van der Waals surface area contributed by atoms with Crippen molar-refractivity contribution in [3.05, 3.63) is 24.0 Å². The molecule has 0 saturated carbocycles. The maximum atomic E-state index is 13.1. The van der Waals surface area contributed by atoms with Gasteiger partial charge in [0.25, 0.3) is 0 Å². The number of benzene rings is 1. The molecule has 6 heteroatoms. The zero-order valence-corrected chi connectivity index (χ0v) is 8.68. The minimum absolute atomic E-state index is 0.0693. The van der Waals surface area contributed by atoms with E-state index in [4.69, 9.17) is 5.73 Å². The van der Waals surface area contributed by atoms with Gasteiger partial charge in [0, 0.05) is 6.54 Å². The van der Waals surface area contributed by atoms with Gasteiger partial charge >= 0.3 is 6.18 Å². The van der Waals surface area contributed by atoms with Gasteiger partial charge in [-0.15, -0.1) is 0 Å². The average Bonchev–Trinajstić information content (AvgIpc) is 2.18. The molecule has 1 aromatic rings. The maximum Gasteiger partial charge on any atom is 0.405 e. The summed E-state index contributed by atoms with van der Waals surface area (Å²) in [5.74, 6) is -0.710. The molecular formula is C10H12F4N2. The zero-order valence-electron chi connectivity index (χ0n) is 8.68. The van der Waals surface area contributed by atoms with Gasteiger partial charge in [0.05, 0.1) is 11.4 Å². The minimum atomic E-state index is -4.34. The van der Waals surface area contributed by atoms with Crippen molar-refractivity contribution in [1.29, 1.82) is 0 Å². The summed E-state index contributed by atoms with van der Waals surface area (Å²) in [4.78, 5) is 0.985. The number of alkyl halides is 3. The summed E-state index contributed by atoms with van der Waals surface area (Å²) in [6.45, 7) is 0.514. The molecule has 2 N–H and O–H groups in total. The summed E-state index contributed by atoms with van der Waals surface area (Å²) >= 11 is 0. The molecule has 0 aliphatic heterocycles. The van der Waals surface area contributed by atoms with Gasteiger partial charge in [-0.25, -0.2) is 4.39 Å². The number of halogens is 4. The number of rotatable bonds is 3. The van der Waals surface area contributed by atoms with Gasteiger partial charge in [0.2, 0.25) is 0 Å². The molecule has 0 aromatic heterocycles. The predicted molar refractivity (Wildman–Crippen MR) is 54.8 cm³/mol. The van der Waals surface area contributed by atoms with Crippen LogP contribution in [0, 0.1) is 5.82 Å². The van der Waals surface area contributed by atoms with Crippen molar-refractivity contribution in [3.8, 4) is 0 Å². The first kappa shape index (κ1) is 12.6. The lowest BCUT2D eigenvalue weighted by Crippen LogP contribution is -2.34. The van der Waals surface area contributed by atoms with Crippen LogP contribution in [0.4, 0.5) is 28.9 Å². The number of nitrogens with two attached hydrogens (primary N) is 1. The molecule has 0 fully saturated rings. The monoisotopic (exact) mass is 236 g/mol. The van der Waals surface area contributed by atoms with E-state index in [0.29, 0.717) is 0 Å². The summed E-state index contributed by atoms with van der Waals surface area (Å²) in [6.07, 6.45) is -4.34. The Labute approximate surface area is 90.7 Å². The van der Waals surface area contributed by atoms with Crippen molar-refractivity contribution in [3.63, 3.8) is 0 Å². The van der Waals surface area contributed by atoms with Gasteiger partial charge in [-0.2, -0.15) is 13.2 Å². The lowest BCUT2D eigenvalue weighted by Gasteiger charge is -2.25. The molecule has 0 aliphatic carbocycles. The van der Waals surface area contributed by atoms with Crippen molar-refractivity contribution < 1.29 is 17.6 Å². The van der Waals surface area contributed by atoms with Crippen LogP contribution in [-0.2, 0) is 0 Å². The van der Waals surface area contributed by atoms with Crippen LogP contribution in [0.25, 0.3) is 0 Å². The molecule has 1 aromatic carbocycles. The molecule has 90 valence electrons. The van der Waals surface area contributed by atoms with Crippen LogP contribution in [0.1, 0.15) is 6.92 Å². The predicted octanol–water partition coefficient (Wildman–Crippen LogP) is 2.80. The molecule has 16 heavy (non-hydrogen) atoms. The lowest BCUT2D eigenvalue weighted by atomic mass is 10.2. The molecule has 2 nitrogen and oxygen atoms in total. The first-order chi connectivity index (χ1) is 7.35. The van der Waals surface area contributed by atoms with Gasteiger partial charge in [0.1, 0.15) is 12.4 Å². The normalized spacial score (nSPS) is 11.6. The lowest BCUT2D eigenvalue weighted by molar-refractivity contribution is -0.119. The zero-order chi connectivity index (χ0) is 12.3. The Balaban J connectivity index is 3.00. The molecule has 0 heterocycles. The van der Waals surface area contributed by atoms with E-state index < -0.39 is 18.5 Å². The van der Waals surface area contributed by atoms with Crippen LogP contribution in [0.2, 0.25) is 0 Å². The molecule has 1 rings (SSSR count). The maximum absolute atomic E-state index is 13.1. The largest absolute Gasteiger partial charge is 0.405 e. The van der Waals surface area contributed by atoms with Crippen molar-refractivity contribution in [2.24, 2.45) is 0 Å². The Bertz CT molecular complexity index is 362. The number of nitrogens with zero attached hydrogens (tertiary/aromatic N) is 1. The van der Waals surface area contributed by atoms with Gasteiger partial charge in [-0.1, -0.05) is 6.07 Å². The third kappa shape index (κ3) is 3.01.